The summed E-state index contributed by atoms with van der Waals surface area (Å²) in [6, 6.07) is 17.5. The van der Waals surface area contributed by atoms with E-state index in [0.29, 0.717) is 5.56 Å². The van der Waals surface area contributed by atoms with Gasteiger partial charge in [-0.2, -0.15) is 0 Å². The molecule has 0 radical (unpaired) electrons. The zero-order valence-electron chi connectivity index (χ0n) is 14.9. The Morgan fingerprint density at radius 2 is 1.77 bits per heavy atom. The highest BCUT2D eigenvalue weighted by Gasteiger charge is 2.29. The number of carbonyl (C=O) groups excluding carboxylic acids is 1. The maximum Gasteiger partial charge on any atom is 0.305 e. The van der Waals surface area contributed by atoms with E-state index in [9.17, 15) is 9.59 Å². The van der Waals surface area contributed by atoms with Gasteiger partial charge in [-0.05, 0) is 36.8 Å². The van der Waals surface area contributed by atoms with E-state index in [1.165, 1.54) is 12.7 Å². The third-order valence-corrected chi connectivity index (χ3v) is 4.87. The molecule has 1 amide bonds. The molecule has 0 aromatic heterocycles. The van der Waals surface area contributed by atoms with Crippen LogP contribution < -0.4 is 5.32 Å². The molecule has 2 aromatic rings. The summed E-state index contributed by atoms with van der Waals surface area (Å²) >= 11 is 1.69. The first-order valence-electron chi connectivity index (χ1n) is 8.22. The molecular weight excluding hydrogens is 350 g/mol. The fourth-order valence-electron chi connectivity index (χ4n) is 2.57. The Balaban J connectivity index is 1.97. The molecule has 138 valence electrons. The number of thioether (sulfide) groups is 1. The molecule has 0 spiro atoms. The van der Waals surface area contributed by atoms with Crippen molar-refractivity contribution in [2.24, 2.45) is 0 Å². The van der Waals surface area contributed by atoms with Gasteiger partial charge in [-0.25, -0.2) is 0 Å². The van der Waals surface area contributed by atoms with Crippen LogP contribution >= 0.6 is 11.8 Å². The minimum atomic E-state index is -0.988. The lowest BCUT2D eigenvalue weighted by atomic mass is 9.98. The van der Waals surface area contributed by atoms with Crippen LogP contribution in [0.5, 0.6) is 0 Å². The van der Waals surface area contributed by atoms with E-state index in [4.69, 9.17) is 9.84 Å². The van der Waals surface area contributed by atoms with Gasteiger partial charge in [0.2, 0.25) is 0 Å². The maximum absolute atomic E-state index is 12.4. The molecule has 0 saturated heterocycles. The predicted molar refractivity (Wildman–Crippen MR) is 102 cm³/mol. The number of hydrogen-bond donors (Lipinski definition) is 2. The lowest BCUT2D eigenvalue weighted by Crippen LogP contribution is -2.50. The quantitative estimate of drug-likeness (QED) is 0.657. The Hall–Kier alpha value is -2.31. The number of aliphatic carboxylic acids is 1. The molecule has 5 nitrogen and oxygen atoms in total. The maximum atomic E-state index is 12.4. The van der Waals surface area contributed by atoms with E-state index in [1.807, 2.05) is 30.3 Å². The second kappa shape index (κ2) is 9.40. The lowest BCUT2D eigenvalue weighted by Gasteiger charge is -2.28. The van der Waals surface area contributed by atoms with Crippen molar-refractivity contribution in [3.63, 3.8) is 0 Å². The molecule has 0 aliphatic carbocycles. The highest BCUT2D eigenvalue weighted by atomic mass is 32.2. The number of benzene rings is 2. The molecule has 0 aliphatic rings. The van der Waals surface area contributed by atoms with Crippen molar-refractivity contribution in [3.05, 3.63) is 65.7 Å². The van der Waals surface area contributed by atoms with Gasteiger partial charge in [0.25, 0.3) is 5.91 Å². The van der Waals surface area contributed by atoms with Gasteiger partial charge in [-0.15, -0.1) is 11.8 Å². The lowest BCUT2D eigenvalue weighted by molar-refractivity contribution is -0.139. The zero-order chi connectivity index (χ0) is 19.0. The molecular formula is C20H23NO4S. The SMILES string of the molecule is COCC(C)(CC(=O)O)NC(=O)c1ccc(SCc2ccccc2)cc1. The summed E-state index contributed by atoms with van der Waals surface area (Å²) in [5.41, 5.74) is 0.767. The van der Waals surface area contributed by atoms with Gasteiger partial charge in [-0.3, -0.25) is 9.59 Å². The van der Waals surface area contributed by atoms with E-state index in [1.54, 1.807) is 30.8 Å². The van der Waals surface area contributed by atoms with Crippen LogP contribution in [0.1, 0.15) is 29.3 Å². The van der Waals surface area contributed by atoms with Crippen molar-refractivity contribution >= 4 is 23.6 Å². The molecule has 0 heterocycles. The van der Waals surface area contributed by atoms with Crippen molar-refractivity contribution in [2.75, 3.05) is 13.7 Å². The first-order chi connectivity index (χ1) is 12.4. The number of amides is 1. The van der Waals surface area contributed by atoms with Crippen LogP contribution in [0, 0.1) is 0 Å². The third-order valence-electron chi connectivity index (χ3n) is 3.78. The van der Waals surface area contributed by atoms with Gasteiger partial charge in [-0.1, -0.05) is 30.3 Å². The van der Waals surface area contributed by atoms with Crippen LogP contribution in [-0.2, 0) is 15.3 Å². The van der Waals surface area contributed by atoms with E-state index < -0.39 is 11.5 Å². The Morgan fingerprint density at radius 3 is 2.35 bits per heavy atom. The zero-order valence-corrected chi connectivity index (χ0v) is 15.7. The predicted octanol–water partition coefficient (Wildman–Crippen LogP) is 3.59. The van der Waals surface area contributed by atoms with Crippen LogP contribution in [0.2, 0.25) is 0 Å². The average Bonchev–Trinajstić information content (AvgIpc) is 2.60. The summed E-state index contributed by atoms with van der Waals surface area (Å²) in [5.74, 6) is -0.445. The van der Waals surface area contributed by atoms with E-state index >= 15 is 0 Å². The smallest absolute Gasteiger partial charge is 0.305 e. The van der Waals surface area contributed by atoms with Gasteiger partial charge in [0.1, 0.15) is 0 Å². The van der Waals surface area contributed by atoms with Crippen molar-refractivity contribution in [2.45, 2.75) is 29.5 Å². The Kier molecular flexibility index (Phi) is 7.24. The first-order valence-corrected chi connectivity index (χ1v) is 9.20. The summed E-state index contributed by atoms with van der Waals surface area (Å²) in [4.78, 5) is 24.5. The minimum absolute atomic E-state index is 0.121. The van der Waals surface area contributed by atoms with Crippen molar-refractivity contribution in [1.29, 1.82) is 0 Å². The van der Waals surface area contributed by atoms with E-state index in [0.717, 1.165) is 10.6 Å². The van der Waals surface area contributed by atoms with Crippen molar-refractivity contribution < 1.29 is 19.4 Å². The number of carboxylic acids is 1. The highest BCUT2D eigenvalue weighted by Crippen LogP contribution is 2.23. The number of hydrogen-bond acceptors (Lipinski definition) is 4. The minimum Gasteiger partial charge on any atom is -0.481 e. The molecule has 2 rings (SSSR count). The normalized spacial score (nSPS) is 13.0. The van der Waals surface area contributed by atoms with Gasteiger partial charge >= 0.3 is 5.97 Å². The molecule has 1 atom stereocenters. The topological polar surface area (TPSA) is 75.6 Å². The van der Waals surface area contributed by atoms with Crippen LogP contribution in [0.25, 0.3) is 0 Å². The van der Waals surface area contributed by atoms with Crippen LogP contribution in [0.4, 0.5) is 0 Å². The van der Waals surface area contributed by atoms with Crippen molar-refractivity contribution in [3.8, 4) is 0 Å². The number of rotatable bonds is 9. The molecule has 6 heteroatoms. The second-order valence-corrected chi connectivity index (χ2v) is 7.37. The molecule has 26 heavy (non-hydrogen) atoms. The molecule has 1 unspecified atom stereocenters. The summed E-state index contributed by atoms with van der Waals surface area (Å²) in [6.45, 7) is 1.78. The average molecular weight is 373 g/mol. The van der Waals surface area contributed by atoms with E-state index in [-0.39, 0.29) is 18.9 Å². The van der Waals surface area contributed by atoms with Crippen LogP contribution in [-0.4, -0.2) is 36.2 Å². The molecule has 2 N–H and O–H groups in total. The largest absolute Gasteiger partial charge is 0.481 e. The molecule has 0 aliphatic heterocycles. The number of nitrogens with one attached hydrogen (secondary N) is 1. The van der Waals surface area contributed by atoms with Crippen LogP contribution in [0.15, 0.2) is 59.5 Å². The Bertz CT molecular complexity index is 733. The summed E-state index contributed by atoms with van der Waals surface area (Å²) in [5, 5.41) is 11.8. The fraction of sp³-hybridized carbons (Fsp3) is 0.300. The number of carbonyl (C=O) groups is 2. The second-order valence-electron chi connectivity index (χ2n) is 6.32. The summed E-state index contributed by atoms with van der Waals surface area (Å²) < 4.78 is 5.06. The standard InChI is InChI=1S/C20H23NO4S/c1-20(14-25-2,12-18(22)23)21-19(24)16-8-10-17(11-9-16)26-13-15-6-4-3-5-7-15/h3-11H,12-14H2,1-2H3,(H,21,24)(H,22,23). The monoisotopic (exact) mass is 373 g/mol. The molecule has 2 aromatic carbocycles. The molecule has 0 saturated carbocycles. The Labute approximate surface area is 157 Å². The summed E-state index contributed by atoms with van der Waals surface area (Å²) in [6.07, 6.45) is -0.211. The molecule has 0 fully saturated rings. The van der Waals surface area contributed by atoms with Gasteiger partial charge in [0.05, 0.1) is 18.6 Å². The van der Waals surface area contributed by atoms with Crippen LogP contribution in [0.3, 0.4) is 0 Å². The number of carboxylic acid groups (broad SMARTS) is 1. The fourth-order valence-corrected chi connectivity index (χ4v) is 3.43. The highest BCUT2D eigenvalue weighted by molar-refractivity contribution is 7.98. The van der Waals surface area contributed by atoms with Gasteiger partial charge in [0, 0.05) is 23.3 Å². The van der Waals surface area contributed by atoms with Gasteiger partial charge in [0.15, 0.2) is 0 Å². The first kappa shape index (κ1) is 20.0. The Morgan fingerprint density at radius 1 is 1.12 bits per heavy atom. The number of ether oxygens (including phenoxy) is 1. The van der Waals surface area contributed by atoms with E-state index in [2.05, 4.69) is 17.4 Å². The summed E-state index contributed by atoms with van der Waals surface area (Å²) in [7, 11) is 1.48. The number of methoxy groups -OCH3 is 1. The van der Waals surface area contributed by atoms with Gasteiger partial charge < -0.3 is 15.2 Å². The molecule has 0 bridgehead atoms. The third kappa shape index (κ3) is 6.20. The van der Waals surface area contributed by atoms with Crippen molar-refractivity contribution in [1.82, 2.24) is 5.32 Å².